The monoisotopic (exact) mass is 357 g/mol. The molecule has 0 atom stereocenters. The van der Waals surface area contributed by atoms with Crippen LogP contribution in [0.2, 0.25) is 0 Å². The summed E-state index contributed by atoms with van der Waals surface area (Å²) in [7, 11) is 0. The molecule has 2 aromatic carbocycles. The second kappa shape index (κ2) is 8.39. The molecule has 0 saturated heterocycles. The van der Waals surface area contributed by atoms with Gasteiger partial charge in [0.25, 0.3) is 0 Å². The molecule has 0 aliphatic heterocycles. The number of halogens is 1. The zero-order chi connectivity index (χ0) is 17.5. The number of rotatable bonds is 7. The predicted molar refractivity (Wildman–Crippen MR) is 93.6 cm³/mol. The fraction of sp³-hybridized carbons (Fsp3) is 0.176. The minimum Gasteiger partial charge on any atom is -0.348 e. The van der Waals surface area contributed by atoms with Crippen molar-refractivity contribution in [2.75, 3.05) is 5.75 Å². The lowest BCUT2D eigenvalue weighted by molar-refractivity contribution is -0.118. The van der Waals surface area contributed by atoms with E-state index >= 15 is 0 Å². The number of thioether (sulfide) groups is 1. The van der Waals surface area contributed by atoms with Gasteiger partial charge in [0.2, 0.25) is 5.91 Å². The van der Waals surface area contributed by atoms with Gasteiger partial charge in [-0.15, -0.1) is 16.9 Å². The third kappa shape index (κ3) is 4.87. The van der Waals surface area contributed by atoms with Crippen LogP contribution in [0.5, 0.6) is 0 Å². The van der Waals surface area contributed by atoms with Gasteiger partial charge in [-0.3, -0.25) is 4.79 Å². The van der Waals surface area contributed by atoms with Crippen molar-refractivity contribution in [1.82, 2.24) is 25.5 Å². The average Bonchev–Trinajstić information content (AvgIpc) is 3.10. The molecule has 0 spiro atoms. The van der Waals surface area contributed by atoms with Gasteiger partial charge in [-0.25, -0.2) is 4.39 Å². The molecule has 0 radical (unpaired) electrons. The maximum absolute atomic E-state index is 13.0. The Hall–Kier alpha value is -2.74. The highest BCUT2D eigenvalue weighted by molar-refractivity contribution is 7.99. The first kappa shape index (κ1) is 17.1. The Morgan fingerprint density at radius 1 is 1.12 bits per heavy atom. The second-order valence-corrected chi connectivity index (χ2v) is 6.22. The highest BCUT2D eigenvalue weighted by atomic mass is 32.2. The molecule has 0 aliphatic carbocycles. The maximum Gasteiger partial charge on any atom is 0.230 e. The number of benzene rings is 2. The van der Waals surface area contributed by atoms with Crippen molar-refractivity contribution < 1.29 is 9.18 Å². The van der Waals surface area contributed by atoms with Crippen molar-refractivity contribution in [2.45, 2.75) is 12.3 Å². The third-order valence-electron chi connectivity index (χ3n) is 3.39. The van der Waals surface area contributed by atoms with Crippen LogP contribution in [0.3, 0.4) is 0 Å². The van der Waals surface area contributed by atoms with Crippen LogP contribution in [0, 0.1) is 5.82 Å². The van der Waals surface area contributed by atoms with E-state index in [1.54, 1.807) is 23.9 Å². The Kier molecular flexibility index (Phi) is 5.73. The molecule has 0 aliphatic rings. The van der Waals surface area contributed by atoms with Gasteiger partial charge in [-0.2, -0.15) is 4.68 Å². The van der Waals surface area contributed by atoms with Gasteiger partial charge in [0.1, 0.15) is 5.82 Å². The van der Waals surface area contributed by atoms with Crippen molar-refractivity contribution in [3.05, 3.63) is 71.8 Å². The largest absolute Gasteiger partial charge is 0.348 e. The van der Waals surface area contributed by atoms with Crippen molar-refractivity contribution in [3.63, 3.8) is 0 Å². The molecule has 6 nitrogen and oxygen atoms in total. The first-order valence-electron chi connectivity index (χ1n) is 7.64. The van der Waals surface area contributed by atoms with Crippen molar-refractivity contribution >= 4 is 17.7 Å². The van der Waals surface area contributed by atoms with E-state index in [9.17, 15) is 9.18 Å². The lowest BCUT2D eigenvalue weighted by Gasteiger charge is -2.06. The van der Waals surface area contributed by atoms with Gasteiger partial charge in [-0.1, -0.05) is 30.3 Å². The van der Waals surface area contributed by atoms with E-state index in [2.05, 4.69) is 20.8 Å². The summed E-state index contributed by atoms with van der Waals surface area (Å²) in [5.74, 6) is 1.19. The normalized spacial score (nSPS) is 10.6. The number of carbonyl (C=O) groups is 1. The highest BCUT2D eigenvalue weighted by Gasteiger charge is 2.10. The number of carbonyl (C=O) groups excluding carboxylic acids is 1. The standard InChI is InChI=1S/C17H16FN5OS/c18-14-6-8-15(9-7-14)23-16(20-21-22-23)10-19-17(24)12-25-11-13-4-2-1-3-5-13/h1-9H,10-12H2,(H,19,24). The molecule has 0 saturated carbocycles. The van der Waals surface area contributed by atoms with Gasteiger partial charge in [0.05, 0.1) is 18.0 Å². The molecule has 25 heavy (non-hydrogen) atoms. The average molecular weight is 357 g/mol. The first-order chi connectivity index (χ1) is 12.2. The Morgan fingerprint density at radius 3 is 2.64 bits per heavy atom. The van der Waals surface area contributed by atoms with Crippen LogP contribution in [-0.2, 0) is 17.1 Å². The van der Waals surface area contributed by atoms with E-state index in [1.165, 1.54) is 22.4 Å². The quantitative estimate of drug-likeness (QED) is 0.703. The highest BCUT2D eigenvalue weighted by Crippen LogP contribution is 2.12. The topological polar surface area (TPSA) is 72.7 Å². The zero-order valence-electron chi connectivity index (χ0n) is 13.3. The summed E-state index contributed by atoms with van der Waals surface area (Å²) in [4.78, 5) is 12.0. The number of tetrazole rings is 1. The van der Waals surface area contributed by atoms with Crippen LogP contribution >= 0.6 is 11.8 Å². The van der Waals surface area contributed by atoms with E-state index in [4.69, 9.17) is 0 Å². The molecular formula is C17H16FN5OS. The lowest BCUT2D eigenvalue weighted by atomic mass is 10.2. The van der Waals surface area contributed by atoms with E-state index < -0.39 is 0 Å². The van der Waals surface area contributed by atoms with Crippen molar-refractivity contribution in [3.8, 4) is 5.69 Å². The molecule has 1 heterocycles. The number of aromatic nitrogens is 4. The number of hydrogen-bond acceptors (Lipinski definition) is 5. The number of hydrogen-bond donors (Lipinski definition) is 1. The molecule has 0 unspecified atom stereocenters. The van der Waals surface area contributed by atoms with Crippen LogP contribution < -0.4 is 5.32 Å². The smallest absolute Gasteiger partial charge is 0.230 e. The van der Waals surface area contributed by atoms with Gasteiger partial charge < -0.3 is 5.32 Å². The van der Waals surface area contributed by atoms with Crippen molar-refractivity contribution in [1.29, 1.82) is 0 Å². The van der Waals surface area contributed by atoms with Crippen LogP contribution in [0.1, 0.15) is 11.4 Å². The predicted octanol–water partition coefficient (Wildman–Crippen LogP) is 2.35. The van der Waals surface area contributed by atoms with Gasteiger partial charge in [0.15, 0.2) is 5.82 Å². The summed E-state index contributed by atoms with van der Waals surface area (Å²) in [6.45, 7) is 0.203. The zero-order valence-corrected chi connectivity index (χ0v) is 14.1. The Labute approximate surface area is 148 Å². The minimum absolute atomic E-state index is 0.0883. The molecule has 8 heteroatoms. The maximum atomic E-state index is 13.0. The van der Waals surface area contributed by atoms with Gasteiger partial charge in [0, 0.05) is 5.75 Å². The summed E-state index contributed by atoms with van der Waals surface area (Å²) in [6.07, 6.45) is 0. The van der Waals surface area contributed by atoms with E-state index in [-0.39, 0.29) is 18.3 Å². The second-order valence-electron chi connectivity index (χ2n) is 5.24. The van der Waals surface area contributed by atoms with Crippen LogP contribution in [0.4, 0.5) is 4.39 Å². The molecule has 128 valence electrons. The first-order valence-corrected chi connectivity index (χ1v) is 8.79. The molecule has 0 bridgehead atoms. The summed E-state index contributed by atoms with van der Waals surface area (Å²) in [6, 6.07) is 15.8. The molecule has 0 fully saturated rings. The Bertz CT molecular complexity index is 823. The number of nitrogens with zero attached hydrogens (tertiary/aromatic N) is 4. The number of amides is 1. The molecule has 1 N–H and O–H groups in total. The molecule has 3 rings (SSSR count). The van der Waals surface area contributed by atoms with Gasteiger partial charge >= 0.3 is 0 Å². The lowest BCUT2D eigenvalue weighted by Crippen LogP contribution is -2.26. The van der Waals surface area contributed by atoms with E-state index in [1.807, 2.05) is 30.3 Å². The molecule has 1 amide bonds. The molecular weight excluding hydrogens is 341 g/mol. The van der Waals surface area contributed by atoms with Crippen LogP contribution in [0.25, 0.3) is 5.69 Å². The molecule has 3 aromatic rings. The summed E-state index contributed by atoms with van der Waals surface area (Å²) in [5.41, 5.74) is 1.81. The van der Waals surface area contributed by atoms with E-state index in [0.717, 1.165) is 5.75 Å². The fourth-order valence-electron chi connectivity index (χ4n) is 2.16. The number of nitrogens with one attached hydrogen (secondary N) is 1. The molecule has 1 aromatic heterocycles. The summed E-state index contributed by atoms with van der Waals surface area (Å²) < 4.78 is 14.5. The minimum atomic E-state index is -0.331. The Balaban J connectivity index is 1.49. The fourth-order valence-corrected chi connectivity index (χ4v) is 2.98. The summed E-state index contributed by atoms with van der Waals surface area (Å²) in [5, 5.41) is 14.2. The van der Waals surface area contributed by atoms with Crippen LogP contribution in [0.15, 0.2) is 54.6 Å². The Morgan fingerprint density at radius 2 is 1.88 bits per heavy atom. The van der Waals surface area contributed by atoms with Crippen LogP contribution in [-0.4, -0.2) is 31.9 Å². The SMILES string of the molecule is O=C(CSCc1ccccc1)NCc1nnnn1-c1ccc(F)cc1. The summed E-state index contributed by atoms with van der Waals surface area (Å²) >= 11 is 1.54. The van der Waals surface area contributed by atoms with E-state index in [0.29, 0.717) is 17.3 Å². The van der Waals surface area contributed by atoms with Gasteiger partial charge in [-0.05, 0) is 40.3 Å². The van der Waals surface area contributed by atoms with Crippen molar-refractivity contribution in [2.24, 2.45) is 0 Å². The third-order valence-corrected chi connectivity index (χ3v) is 4.40.